The molecule has 2 heterocycles. The van der Waals surface area contributed by atoms with Crippen molar-refractivity contribution in [2.75, 3.05) is 11.9 Å². The lowest BCUT2D eigenvalue weighted by Crippen LogP contribution is -2.19. The number of anilines is 1. The molecule has 148 valence electrons. The molecule has 0 bridgehead atoms. The molecule has 3 nitrogen and oxygen atoms in total. The van der Waals surface area contributed by atoms with Crippen molar-refractivity contribution in [3.63, 3.8) is 0 Å². The van der Waals surface area contributed by atoms with Crippen molar-refractivity contribution in [3.8, 4) is 0 Å². The minimum absolute atomic E-state index is 0.212. The minimum Gasteiger partial charge on any atom is -0.354 e. The molecular formula is C24H23F2N3. The summed E-state index contributed by atoms with van der Waals surface area (Å²) in [5.41, 5.74) is 4.87. The number of aryl methyl sites for hydroxylation is 1. The van der Waals surface area contributed by atoms with Gasteiger partial charge in [-0.1, -0.05) is 30.3 Å². The summed E-state index contributed by atoms with van der Waals surface area (Å²) in [5.74, 6) is 0.359. The lowest BCUT2D eigenvalue weighted by Gasteiger charge is -2.21. The van der Waals surface area contributed by atoms with Gasteiger partial charge in [-0.05, 0) is 49.2 Å². The van der Waals surface area contributed by atoms with E-state index in [-0.39, 0.29) is 11.6 Å². The van der Waals surface area contributed by atoms with Gasteiger partial charge in [0.05, 0.1) is 12.1 Å². The van der Waals surface area contributed by atoms with Gasteiger partial charge >= 0.3 is 0 Å². The fourth-order valence-electron chi connectivity index (χ4n) is 3.79. The first kappa shape index (κ1) is 19.1. The van der Waals surface area contributed by atoms with Crippen LogP contribution in [0, 0.1) is 25.5 Å². The van der Waals surface area contributed by atoms with Crippen molar-refractivity contribution < 1.29 is 8.78 Å². The molecule has 0 aliphatic rings. The summed E-state index contributed by atoms with van der Waals surface area (Å²) in [7, 11) is 1.97. The quantitative estimate of drug-likeness (QED) is 0.440. The molecule has 2 aromatic carbocycles. The van der Waals surface area contributed by atoms with E-state index in [9.17, 15) is 8.78 Å². The van der Waals surface area contributed by atoms with Crippen LogP contribution in [0.25, 0.3) is 10.9 Å². The second-order valence-electron chi connectivity index (χ2n) is 7.40. The van der Waals surface area contributed by atoms with Gasteiger partial charge in [-0.25, -0.2) is 13.8 Å². The standard InChI is InChI=1S/C24H23F2N3/c1-16-17(2)29(15-19-6-4-5-7-22(19)26)23-21(16)12-13-27-24(23)28(3)14-18-8-10-20(25)11-9-18/h4-13H,14-15H2,1-3H3. The average molecular weight is 391 g/mol. The number of nitrogens with zero attached hydrogens (tertiary/aromatic N) is 3. The maximum atomic E-state index is 14.3. The number of aromatic nitrogens is 2. The van der Waals surface area contributed by atoms with Crippen molar-refractivity contribution in [1.29, 1.82) is 0 Å². The summed E-state index contributed by atoms with van der Waals surface area (Å²) in [6, 6.07) is 15.3. The minimum atomic E-state index is -0.248. The molecule has 29 heavy (non-hydrogen) atoms. The Morgan fingerprint density at radius 2 is 1.69 bits per heavy atom. The lowest BCUT2D eigenvalue weighted by molar-refractivity contribution is 0.600. The molecule has 0 aliphatic carbocycles. The Bertz CT molecular complexity index is 1160. The lowest BCUT2D eigenvalue weighted by atomic mass is 10.2. The third-order valence-electron chi connectivity index (χ3n) is 5.51. The Balaban J connectivity index is 1.79. The molecule has 2 aromatic heterocycles. The van der Waals surface area contributed by atoms with Gasteiger partial charge in [-0.2, -0.15) is 0 Å². The van der Waals surface area contributed by atoms with E-state index in [1.54, 1.807) is 24.4 Å². The van der Waals surface area contributed by atoms with E-state index in [0.717, 1.165) is 33.5 Å². The fourth-order valence-corrected chi connectivity index (χ4v) is 3.79. The summed E-state index contributed by atoms with van der Waals surface area (Å²) in [6.45, 7) is 5.17. The number of rotatable bonds is 5. The molecule has 5 heteroatoms. The molecule has 0 fully saturated rings. The van der Waals surface area contributed by atoms with Crippen molar-refractivity contribution in [2.45, 2.75) is 26.9 Å². The Labute approximate surface area is 169 Å². The number of pyridine rings is 1. The zero-order valence-electron chi connectivity index (χ0n) is 16.8. The van der Waals surface area contributed by atoms with Gasteiger partial charge in [-0.3, -0.25) is 0 Å². The third kappa shape index (κ3) is 3.60. The molecule has 0 amide bonds. The monoisotopic (exact) mass is 391 g/mol. The average Bonchev–Trinajstić information content (AvgIpc) is 2.96. The largest absolute Gasteiger partial charge is 0.354 e. The van der Waals surface area contributed by atoms with Gasteiger partial charge in [0.15, 0.2) is 5.82 Å². The van der Waals surface area contributed by atoms with Gasteiger partial charge < -0.3 is 9.47 Å². The van der Waals surface area contributed by atoms with E-state index in [1.165, 1.54) is 18.2 Å². The van der Waals surface area contributed by atoms with Crippen molar-refractivity contribution in [2.24, 2.45) is 0 Å². The van der Waals surface area contributed by atoms with Crippen LogP contribution in [0.1, 0.15) is 22.4 Å². The summed E-state index contributed by atoms with van der Waals surface area (Å²) in [4.78, 5) is 6.68. The summed E-state index contributed by atoms with van der Waals surface area (Å²) < 4.78 is 29.7. The fraction of sp³-hybridized carbons (Fsp3) is 0.208. The first-order valence-electron chi connectivity index (χ1n) is 9.59. The molecule has 0 radical (unpaired) electrons. The molecule has 0 atom stereocenters. The number of hydrogen-bond acceptors (Lipinski definition) is 2. The third-order valence-corrected chi connectivity index (χ3v) is 5.51. The van der Waals surface area contributed by atoms with Crippen LogP contribution in [0.15, 0.2) is 60.8 Å². The van der Waals surface area contributed by atoms with Gasteiger partial charge in [0.25, 0.3) is 0 Å². The van der Waals surface area contributed by atoms with E-state index < -0.39 is 0 Å². The second kappa shape index (κ2) is 7.66. The van der Waals surface area contributed by atoms with Crippen LogP contribution in [0.3, 0.4) is 0 Å². The molecule has 4 aromatic rings. The predicted molar refractivity (Wildman–Crippen MR) is 113 cm³/mol. The smallest absolute Gasteiger partial charge is 0.153 e. The maximum absolute atomic E-state index is 14.3. The van der Waals surface area contributed by atoms with Crippen LogP contribution >= 0.6 is 0 Å². The normalized spacial score (nSPS) is 11.2. The SMILES string of the molecule is Cc1c(C)n(Cc2ccccc2F)c2c(N(C)Cc3ccc(F)cc3)nccc12. The number of fused-ring (bicyclic) bond motifs is 1. The van der Waals surface area contributed by atoms with Gasteiger partial charge in [0, 0.05) is 36.4 Å². The highest BCUT2D eigenvalue weighted by molar-refractivity contribution is 5.93. The second-order valence-corrected chi connectivity index (χ2v) is 7.40. The van der Waals surface area contributed by atoms with Crippen molar-refractivity contribution in [3.05, 3.63) is 94.8 Å². The summed E-state index contributed by atoms with van der Waals surface area (Å²) in [6.07, 6.45) is 1.80. The van der Waals surface area contributed by atoms with Gasteiger partial charge in [-0.15, -0.1) is 0 Å². The maximum Gasteiger partial charge on any atom is 0.153 e. The molecule has 4 rings (SSSR count). The Hall–Kier alpha value is -3.21. The first-order valence-corrected chi connectivity index (χ1v) is 9.59. The van der Waals surface area contributed by atoms with Crippen molar-refractivity contribution in [1.82, 2.24) is 9.55 Å². The van der Waals surface area contributed by atoms with Crippen molar-refractivity contribution >= 4 is 16.7 Å². The van der Waals surface area contributed by atoms with E-state index in [4.69, 9.17) is 0 Å². The van der Waals surface area contributed by atoms with Crippen LogP contribution in [-0.2, 0) is 13.1 Å². The highest BCUT2D eigenvalue weighted by atomic mass is 19.1. The molecule has 0 unspecified atom stereocenters. The van der Waals surface area contributed by atoms with Gasteiger partial charge in [0.1, 0.15) is 11.6 Å². The number of hydrogen-bond donors (Lipinski definition) is 0. The molecule has 0 N–H and O–H groups in total. The number of halogens is 2. The molecule has 0 aliphatic heterocycles. The zero-order chi connectivity index (χ0) is 20.5. The molecule has 0 saturated carbocycles. The van der Waals surface area contributed by atoms with Crippen LogP contribution in [0.4, 0.5) is 14.6 Å². The molecule has 0 spiro atoms. The molecular weight excluding hydrogens is 368 g/mol. The summed E-state index contributed by atoms with van der Waals surface area (Å²) in [5, 5.41) is 1.11. The topological polar surface area (TPSA) is 21.1 Å². The zero-order valence-corrected chi connectivity index (χ0v) is 16.8. The number of benzene rings is 2. The predicted octanol–water partition coefficient (Wildman–Crippen LogP) is 5.62. The highest BCUT2D eigenvalue weighted by Gasteiger charge is 2.18. The highest BCUT2D eigenvalue weighted by Crippen LogP contribution is 2.32. The van der Waals surface area contributed by atoms with Crippen LogP contribution in [0.5, 0.6) is 0 Å². The Kier molecular flexibility index (Phi) is 5.05. The van der Waals surface area contributed by atoms with E-state index >= 15 is 0 Å². The summed E-state index contributed by atoms with van der Waals surface area (Å²) >= 11 is 0. The van der Waals surface area contributed by atoms with E-state index in [2.05, 4.69) is 23.4 Å². The first-order chi connectivity index (χ1) is 14.0. The van der Waals surface area contributed by atoms with E-state index in [1.807, 2.05) is 30.1 Å². The Morgan fingerprint density at radius 3 is 2.41 bits per heavy atom. The van der Waals surface area contributed by atoms with Crippen LogP contribution < -0.4 is 4.90 Å². The van der Waals surface area contributed by atoms with Crippen LogP contribution in [0.2, 0.25) is 0 Å². The van der Waals surface area contributed by atoms with Gasteiger partial charge in [0.2, 0.25) is 0 Å². The Morgan fingerprint density at radius 1 is 0.966 bits per heavy atom. The van der Waals surface area contributed by atoms with Crippen LogP contribution in [-0.4, -0.2) is 16.6 Å². The molecule has 0 saturated heterocycles. The van der Waals surface area contributed by atoms with E-state index in [0.29, 0.717) is 18.7 Å².